The molecule has 0 aliphatic rings. The summed E-state index contributed by atoms with van der Waals surface area (Å²) in [4.78, 5) is 4.02. The van der Waals surface area contributed by atoms with Crippen LogP contribution in [0.4, 0.5) is 0 Å². The minimum absolute atomic E-state index is 0.452. The van der Waals surface area contributed by atoms with Crippen LogP contribution in [0, 0.1) is 5.41 Å². The fourth-order valence-electron chi connectivity index (χ4n) is 1.49. The fourth-order valence-corrected chi connectivity index (χ4v) is 2.85. The number of allylic oxidation sites excluding steroid dienone is 1. The van der Waals surface area contributed by atoms with E-state index in [1.165, 1.54) is 5.56 Å². The van der Waals surface area contributed by atoms with Crippen molar-refractivity contribution in [2.75, 3.05) is 0 Å². The molecule has 1 N–H and O–H groups in total. The largest absolute Gasteiger partial charge is 0.299 e. The van der Waals surface area contributed by atoms with Gasteiger partial charge in [0.05, 0.1) is 5.71 Å². The molecule has 0 aliphatic heterocycles. The van der Waals surface area contributed by atoms with Crippen molar-refractivity contribution in [1.82, 2.24) is 4.98 Å². The third-order valence-electron chi connectivity index (χ3n) is 2.47. The van der Waals surface area contributed by atoms with Crippen LogP contribution in [0.3, 0.4) is 0 Å². The summed E-state index contributed by atoms with van der Waals surface area (Å²) in [6.07, 6.45) is 3.40. The van der Waals surface area contributed by atoms with E-state index in [9.17, 15) is 0 Å². The summed E-state index contributed by atoms with van der Waals surface area (Å²) in [6.45, 7) is 0. The summed E-state index contributed by atoms with van der Waals surface area (Å²) in [6, 6.07) is 14.0. The van der Waals surface area contributed by atoms with Crippen molar-refractivity contribution in [3.63, 3.8) is 0 Å². The Hall–Kier alpha value is -1.39. The first kappa shape index (κ1) is 14.0. The number of thioether (sulfide) groups is 1. The second-order valence-corrected chi connectivity index (χ2v) is 5.59. The molecule has 0 fully saturated rings. The normalized spacial score (nSPS) is 11.3. The molecule has 0 aliphatic carbocycles. The average Bonchev–Trinajstić information content (AvgIpc) is 2.48. The molecular weight excluding hydrogens is 320 g/mol. The van der Waals surface area contributed by atoms with Gasteiger partial charge in [-0.3, -0.25) is 10.4 Å². The lowest BCUT2D eigenvalue weighted by atomic mass is 10.2. The van der Waals surface area contributed by atoms with Gasteiger partial charge < -0.3 is 0 Å². The highest BCUT2D eigenvalue weighted by Gasteiger charge is 2.04. The monoisotopic (exact) mass is 332 g/mol. The Morgan fingerprint density at radius 3 is 2.68 bits per heavy atom. The first-order chi connectivity index (χ1) is 9.27. The topological polar surface area (TPSA) is 36.7 Å². The van der Waals surface area contributed by atoms with E-state index in [0.29, 0.717) is 5.71 Å². The van der Waals surface area contributed by atoms with Crippen LogP contribution in [0.5, 0.6) is 0 Å². The molecule has 1 aromatic heterocycles. The molecule has 1 heterocycles. The maximum atomic E-state index is 8.05. The molecule has 0 saturated carbocycles. The summed E-state index contributed by atoms with van der Waals surface area (Å²) in [5.41, 5.74) is 2.54. The van der Waals surface area contributed by atoms with Crippen molar-refractivity contribution in [3.05, 3.63) is 75.9 Å². The van der Waals surface area contributed by atoms with E-state index in [1.807, 2.05) is 35.7 Å². The van der Waals surface area contributed by atoms with Gasteiger partial charge >= 0.3 is 0 Å². The van der Waals surface area contributed by atoms with Crippen molar-refractivity contribution in [3.8, 4) is 0 Å². The maximum Gasteiger partial charge on any atom is 0.0774 e. The summed E-state index contributed by atoms with van der Waals surface area (Å²) in [7, 11) is 0. The van der Waals surface area contributed by atoms with Gasteiger partial charge in [0, 0.05) is 28.2 Å². The number of nitrogens with one attached hydrogen (secondary N) is 1. The molecule has 2 nitrogen and oxygen atoms in total. The SMILES string of the molecule is N=C(/C(Br)=C/SCc1ccccc1)c1cccnc1. The number of hydrogen-bond acceptors (Lipinski definition) is 3. The van der Waals surface area contributed by atoms with Crippen LogP contribution in [0.2, 0.25) is 0 Å². The van der Waals surface area contributed by atoms with Crippen LogP contribution in [0.1, 0.15) is 11.1 Å². The smallest absolute Gasteiger partial charge is 0.0774 e. The van der Waals surface area contributed by atoms with Crippen LogP contribution in [0.25, 0.3) is 0 Å². The van der Waals surface area contributed by atoms with Gasteiger partial charge in [0.25, 0.3) is 0 Å². The van der Waals surface area contributed by atoms with Crippen LogP contribution in [0.15, 0.2) is 64.7 Å². The summed E-state index contributed by atoms with van der Waals surface area (Å²) >= 11 is 5.11. The van der Waals surface area contributed by atoms with Gasteiger partial charge in [0.1, 0.15) is 0 Å². The lowest BCUT2D eigenvalue weighted by Crippen LogP contribution is -1.98. The van der Waals surface area contributed by atoms with Gasteiger partial charge in [0.2, 0.25) is 0 Å². The van der Waals surface area contributed by atoms with Crippen molar-refractivity contribution in [1.29, 1.82) is 5.41 Å². The van der Waals surface area contributed by atoms with Gasteiger partial charge in [-0.25, -0.2) is 0 Å². The highest BCUT2D eigenvalue weighted by atomic mass is 79.9. The Morgan fingerprint density at radius 2 is 2.00 bits per heavy atom. The Bertz CT molecular complexity index is 567. The zero-order valence-corrected chi connectivity index (χ0v) is 12.6. The summed E-state index contributed by atoms with van der Waals surface area (Å²) < 4.78 is 0.779. The van der Waals surface area contributed by atoms with E-state index in [1.54, 1.807) is 24.2 Å². The van der Waals surface area contributed by atoms with Crippen molar-refractivity contribution in [2.24, 2.45) is 0 Å². The van der Waals surface area contributed by atoms with Crippen molar-refractivity contribution >= 4 is 33.4 Å². The zero-order chi connectivity index (χ0) is 13.5. The van der Waals surface area contributed by atoms with Crippen LogP contribution in [-0.4, -0.2) is 10.7 Å². The van der Waals surface area contributed by atoms with Gasteiger partial charge in [-0.05, 0) is 39.0 Å². The molecule has 0 unspecified atom stereocenters. The molecule has 1 aromatic carbocycles. The number of benzene rings is 1. The molecule has 4 heteroatoms. The van der Waals surface area contributed by atoms with Gasteiger partial charge in [0.15, 0.2) is 0 Å². The molecular formula is C15H13BrN2S. The molecule has 0 amide bonds. The van der Waals surface area contributed by atoms with E-state index >= 15 is 0 Å². The number of aromatic nitrogens is 1. The molecule has 2 aromatic rings. The van der Waals surface area contributed by atoms with Crippen LogP contribution in [-0.2, 0) is 5.75 Å². The molecule has 0 atom stereocenters. The van der Waals surface area contributed by atoms with Gasteiger partial charge in [-0.15, -0.1) is 11.8 Å². The van der Waals surface area contributed by atoms with E-state index in [0.717, 1.165) is 15.8 Å². The highest BCUT2D eigenvalue weighted by molar-refractivity contribution is 9.12. The lowest BCUT2D eigenvalue weighted by Gasteiger charge is -2.02. The number of halogens is 1. The number of nitrogens with zero attached hydrogens (tertiary/aromatic N) is 1. The average molecular weight is 333 g/mol. The second kappa shape index (κ2) is 7.26. The van der Waals surface area contributed by atoms with Crippen molar-refractivity contribution in [2.45, 2.75) is 5.75 Å². The molecule has 0 bridgehead atoms. The summed E-state index contributed by atoms with van der Waals surface area (Å²) in [5.74, 6) is 0.899. The van der Waals surface area contributed by atoms with Crippen molar-refractivity contribution < 1.29 is 0 Å². The quantitative estimate of drug-likeness (QED) is 0.811. The maximum absolute atomic E-state index is 8.05. The lowest BCUT2D eigenvalue weighted by molar-refractivity contribution is 1.31. The Kier molecular flexibility index (Phi) is 5.36. The third kappa shape index (κ3) is 4.33. The zero-order valence-electron chi connectivity index (χ0n) is 10.2. The minimum atomic E-state index is 0.452. The first-order valence-electron chi connectivity index (χ1n) is 5.78. The van der Waals surface area contributed by atoms with Crippen LogP contribution >= 0.6 is 27.7 Å². The van der Waals surface area contributed by atoms with Crippen LogP contribution < -0.4 is 0 Å². The molecule has 0 spiro atoms. The standard InChI is InChI=1S/C15H13BrN2S/c16-14(15(17)13-7-4-8-18-9-13)11-19-10-12-5-2-1-3-6-12/h1-9,11,17H,10H2/b14-11-,17-15?. The van der Waals surface area contributed by atoms with E-state index in [4.69, 9.17) is 5.41 Å². The predicted molar refractivity (Wildman–Crippen MR) is 85.8 cm³/mol. The first-order valence-corrected chi connectivity index (χ1v) is 7.62. The molecule has 0 radical (unpaired) electrons. The summed E-state index contributed by atoms with van der Waals surface area (Å²) in [5, 5.41) is 10.0. The Balaban J connectivity index is 1.94. The molecule has 96 valence electrons. The third-order valence-corrected chi connectivity index (χ3v) is 4.30. The number of pyridine rings is 1. The van der Waals surface area contributed by atoms with E-state index in [2.05, 4.69) is 33.0 Å². The van der Waals surface area contributed by atoms with Gasteiger partial charge in [-0.2, -0.15) is 0 Å². The van der Waals surface area contributed by atoms with E-state index in [-0.39, 0.29) is 0 Å². The Labute approximate surface area is 125 Å². The fraction of sp³-hybridized carbons (Fsp3) is 0.0667. The Morgan fingerprint density at radius 1 is 1.21 bits per heavy atom. The predicted octanol–water partition coefficient (Wildman–Crippen LogP) is 4.62. The second-order valence-electron chi connectivity index (χ2n) is 3.88. The number of hydrogen-bond donors (Lipinski definition) is 1. The number of rotatable bonds is 5. The highest BCUT2D eigenvalue weighted by Crippen LogP contribution is 2.20. The molecule has 2 rings (SSSR count). The molecule has 0 saturated heterocycles. The molecule has 19 heavy (non-hydrogen) atoms. The van der Waals surface area contributed by atoms with E-state index < -0.39 is 0 Å². The van der Waals surface area contributed by atoms with Gasteiger partial charge in [-0.1, -0.05) is 30.3 Å². The minimum Gasteiger partial charge on any atom is -0.299 e.